The van der Waals surface area contributed by atoms with Crippen molar-refractivity contribution in [2.75, 3.05) is 40.0 Å². The highest BCUT2D eigenvalue weighted by Crippen LogP contribution is 2.63. The Morgan fingerprint density at radius 1 is 0.404 bits per heavy atom. The second-order valence-electron chi connectivity index (χ2n) is 28.1. The largest absolute Gasteiger partial charge is 0.461 e. The van der Waals surface area contributed by atoms with E-state index >= 15 is 0 Å². The molecule has 1 saturated heterocycles. The minimum atomic E-state index is -3.55. The summed E-state index contributed by atoms with van der Waals surface area (Å²) >= 11 is 0. The third-order valence-electron chi connectivity index (χ3n) is 18.7. The van der Waals surface area contributed by atoms with Crippen LogP contribution in [-0.2, 0) is 70.8 Å². The number of imidazole rings is 2. The minimum Gasteiger partial charge on any atom is -0.461 e. The van der Waals surface area contributed by atoms with Crippen LogP contribution in [0.2, 0.25) is 0 Å². The second kappa shape index (κ2) is 41.4. The number of halogens is 6. The average molecular weight is 1610 g/mol. The highest BCUT2D eigenvalue weighted by molar-refractivity contribution is 7.97. The van der Waals surface area contributed by atoms with Crippen molar-refractivity contribution >= 4 is 62.8 Å². The first-order valence-electron chi connectivity index (χ1n) is 37.3. The van der Waals surface area contributed by atoms with Crippen LogP contribution >= 0.6 is 0 Å². The summed E-state index contributed by atoms with van der Waals surface area (Å²) in [5.41, 5.74) is -0.979. The van der Waals surface area contributed by atoms with Gasteiger partial charge in [-0.05, 0) is 179 Å². The summed E-state index contributed by atoms with van der Waals surface area (Å²) in [6.45, 7) is 2.33. The maximum Gasteiger partial charge on any atom is 0.419 e. The lowest BCUT2D eigenvalue weighted by molar-refractivity contribution is -0.197. The number of alkyl halides is 6. The molecule has 4 saturated carbocycles. The number of hydrogen-bond donors (Lipinski definition) is 0. The molecule has 9 aromatic carbocycles. The average Bonchev–Trinajstić information content (AvgIpc) is 0.771. The van der Waals surface area contributed by atoms with Crippen LogP contribution < -0.4 is 0 Å². The molecule has 594 valence electrons. The SMILES string of the molecule is CC(F)(F)C(=O)OCC12CC3CC(C1)CC(OC(=O)n1ccnc1)(C3)C2.CC(F)(F)C(=O)OCCOC(=O)n1ccnc1.CN1CCC(OC(=O)C(C)(F)F)CC1.c1ccc([S+](c2ccccc2)c2ccccc2)cc1.c1ccc([S+](c2ccccc2)c2ccccc2)cc1.c1ccc([S+](c2ccccc2)c2ccccc2)cc1. The molecule has 4 aliphatic carbocycles. The molecular formula is C90H92F6N5O10S3+3. The maximum absolute atomic E-state index is 13.1. The van der Waals surface area contributed by atoms with Crippen LogP contribution in [0.15, 0.2) is 354 Å². The summed E-state index contributed by atoms with van der Waals surface area (Å²) in [7, 11) is 1.91. The van der Waals surface area contributed by atoms with Crippen LogP contribution in [0.1, 0.15) is 72.1 Å². The standard InChI is InChI=1S/C18H22F2N2O4.3C18H15S.C9H10F2N2O4.C9H15F2NO2/c1-16(19,20)14(23)25-10-17-5-12-4-13(6-17)8-18(7-12,9-17)26-15(24)22-3-2-21-11-22;3*1-4-10-16(11-5-1)19(17-12-6-2-7-13-17)18-14-8-3-9-15-18;1-9(10,11)7(14)16-4-5-17-8(15)13-3-2-12-6-13;1-9(10,11)8(13)14-7-3-5-12(2)6-4-7/h2-3,11-13H,4-10H2,1H3;3*1-15H;2-3,6H,4-5H2,1H3;7H,3-6H2,1-2H3/q;3*+1;;. The third kappa shape index (κ3) is 25.7. The van der Waals surface area contributed by atoms with Crippen molar-refractivity contribution in [1.29, 1.82) is 0 Å². The van der Waals surface area contributed by atoms with Gasteiger partial charge >= 0.3 is 47.9 Å². The number of hydrogen-bond acceptors (Lipinski definition) is 13. The van der Waals surface area contributed by atoms with Gasteiger partial charge in [0.15, 0.2) is 44.1 Å². The first-order chi connectivity index (χ1) is 54.8. The van der Waals surface area contributed by atoms with Gasteiger partial charge in [-0.3, -0.25) is 0 Å². The monoisotopic (exact) mass is 1610 g/mol. The van der Waals surface area contributed by atoms with Gasteiger partial charge in [-0.15, -0.1) is 0 Å². The molecule has 11 aromatic rings. The fourth-order valence-corrected chi connectivity index (χ4v) is 20.3. The number of carbonyl (C=O) groups is 5. The lowest BCUT2D eigenvalue weighted by Gasteiger charge is -2.60. The fourth-order valence-electron chi connectivity index (χ4n) is 14.0. The van der Waals surface area contributed by atoms with Crippen LogP contribution in [0.3, 0.4) is 0 Å². The van der Waals surface area contributed by atoms with E-state index in [1.165, 1.54) is 86.1 Å². The normalized spacial score (nSPS) is 17.6. The number of likely N-dealkylation sites (tertiary alicyclic amines) is 1. The van der Waals surface area contributed by atoms with Crippen molar-refractivity contribution < 1.29 is 74.0 Å². The third-order valence-corrected chi connectivity index (χ3v) is 25.4. The Morgan fingerprint density at radius 3 is 0.982 bits per heavy atom. The Labute approximate surface area is 670 Å². The molecule has 2 atom stereocenters. The Morgan fingerprint density at radius 2 is 0.693 bits per heavy atom. The smallest absolute Gasteiger partial charge is 0.419 e. The molecule has 0 amide bonds. The molecule has 15 nitrogen and oxygen atoms in total. The molecule has 2 aromatic heterocycles. The molecule has 0 N–H and O–H groups in total. The number of piperidine rings is 1. The summed E-state index contributed by atoms with van der Waals surface area (Å²) in [6.07, 6.45) is 12.9. The molecule has 24 heteroatoms. The zero-order valence-electron chi connectivity index (χ0n) is 63.7. The topological polar surface area (TPSA) is 170 Å². The Balaban J connectivity index is 0.000000146. The van der Waals surface area contributed by atoms with E-state index in [-0.39, 0.29) is 57.4 Å². The summed E-state index contributed by atoms with van der Waals surface area (Å²) in [6, 6.07) is 96.5. The van der Waals surface area contributed by atoms with E-state index < -0.39 is 60.1 Å². The number of benzene rings is 9. The van der Waals surface area contributed by atoms with Crippen molar-refractivity contribution in [2.24, 2.45) is 17.3 Å². The molecule has 3 heterocycles. The van der Waals surface area contributed by atoms with E-state index in [2.05, 4.69) is 302 Å². The van der Waals surface area contributed by atoms with Gasteiger partial charge in [-0.1, -0.05) is 164 Å². The number of nitrogens with zero attached hydrogens (tertiary/aromatic N) is 5. The van der Waals surface area contributed by atoms with Crippen LogP contribution in [0, 0.1) is 17.3 Å². The predicted octanol–water partition coefficient (Wildman–Crippen LogP) is 20.1. The Hall–Kier alpha value is -10.7. The van der Waals surface area contributed by atoms with Crippen molar-refractivity contribution in [1.82, 2.24) is 24.0 Å². The lowest BCUT2D eigenvalue weighted by Crippen LogP contribution is -2.59. The fraction of sp³-hybridized carbons (Fsp3) is 0.278. The molecular weight excluding hydrogens is 1520 g/mol. The van der Waals surface area contributed by atoms with E-state index in [0.717, 1.165) is 49.8 Å². The Kier molecular flexibility index (Phi) is 31.1. The van der Waals surface area contributed by atoms with E-state index in [0.29, 0.717) is 51.9 Å². The quantitative estimate of drug-likeness (QED) is 0.0247. The minimum absolute atomic E-state index is 0.0146. The van der Waals surface area contributed by atoms with E-state index in [1.54, 1.807) is 0 Å². The lowest BCUT2D eigenvalue weighted by atomic mass is 9.48. The van der Waals surface area contributed by atoms with Crippen LogP contribution in [0.4, 0.5) is 35.9 Å². The molecule has 0 radical (unpaired) electrons. The van der Waals surface area contributed by atoms with Gasteiger partial charge in [0.1, 0.15) is 37.6 Å². The molecule has 16 rings (SSSR count). The summed E-state index contributed by atoms with van der Waals surface area (Å²) < 4.78 is 103. The zero-order valence-corrected chi connectivity index (χ0v) is 66.1. The van der Waals surface area contributed by atoms with Crippen molar-refractivity contribution in [3.8, 4) is 0 Å². The predicted molar refractivity (Wildman–Crippen MR) is 428 cm³/mol. The van der Waals surface area contributed by atoms with Gasteiger partial charge in [0.2, 0.25) is 0 Å². The first kappa shape index (κ1) is 85.8. The number of rotatable bonds is 19. The van der Waals surface area contributed by atoms with E-state index in [4.69, 9.17) is 9.47 Å². The first-order valence-corrected chi connectivity index (χ1v) is 40.9. The second-order valence-corrected chi connectivity index (χ2v) is 34.2. The summed E-state index contributed by atoms with van der Waals surface area (Å²) in [4.78, 5) is 78.3. The number of esters is 3. The molecule has 5 fully saturated rings. The van der Waals surface area contributed by atoms with Gasteiger partial charge in [-0.25, -0.2) is 43.1 Å². The zero-order chi connectivity index (χ0) is 81.0. The van der Waals surface area contributed by atoms with Crippen LogP contribution in [-0.4, -0.2) is 124 Å². The van der Waals surface area contributed by atoms with Gasteiger partial charge in [0.05, 0.1) is 39.3 Å². The summed E-state index contributed by atoms with van der Waals surface area (Å²) in [5, 5.41) is 0. The van der Waals surface area contributed by atoms with E-state index in [9.17, 15) is 50.3 Å². The molecule has 2 unspecified atom stereocenters. The van der Waals surface area contributed by atoms with Crippen molar-refractivity contribution in [3.05, 3.63) is 310 Å². The highest BCUT2D eigenvalue weighted by Gasteiger charge is 2.60. The number of aromatic nitrogens is 4. The van der Waals surface area contributed by atoms with Gasteiger partial charge in [0, 0.05) is 64.1 Å². The Bertz CT molecular complexity index is 4120. The van der Waals surface area contributed by atoms with Crippen molar-refractivity contribution in [3.63, 3.8) is 0 Å². The molecule has 4 bridgehead atoms. The van der Waals surface area contributed by atoms with Gasteiger partial charge < -0.3 is 28.6 Å². The maximum atomic E-state index is 13.1. The van der Waals surface area contributed by atoms with Crippen molar-refractivity contribution in [2.45, 2.75) is 146 Å². The van der Waals surface area contributed by atoms with Crippen LogP contribution in [0.5, 0.6) is 0 Å². The number of ether oxygens (including phenoxy) is 5. The highest BCUT2D eigenvalue weighted by atomic mass is 32.2. The molecule has 114 heavy (non-hydrogen) atoms. The molecule has 1 aliphatic heterocycles. The van der Waals surface area contributed by atoms with Gasteiger partial charge in [0.25, 0.3) is 0 Å². The molecule has 5 aliphatic rings. The summed E-state index contributed by atoms with van der Waals surface area (Å²) in [5.74, 6) is -14.2. The number of carbonyl (C=O) groups excluding carboxylic acids is 5. The van der Waals surface area contributed by atoms with Gasteiger partial charge in [-0.2, -0.15) is 26.3 Å². The molecule has 0 spiro atoms. The van der Waals surface area contributed by atoms with Crippen LogP contribution in [0.25, 0.3) is 0 Å². The van der Waals surface area contributed by atoms with E-state index in [1.807, 2.05) is 7.05 Å².